The number of hydrogen-bond acceptors (Lipinski definition) is 3. The van der Waals surface area contributed by atoms with E-state index < -0.39 is 22.1 Å². The number of rotatable bonds is 7. The second-order valence-corrected chi connectivity index (χ2v) is 10.3. The van der Waals surface area contributed by atoms with Gasteiger partial charge in [0.1, 0.15) is 10.0 Å². The summed E-state index contributed by atoms with van der Waals surface area (Å²) in [5.74, 6) is 0.622. The molecule has 0 aliphatic rings. The first-order valence-electron chi connectivity index (χ1n) is 11.6. The number of benzene rings is 4. The molecule has 0 heterocycles. The molecule has 37 heavy (non-hydrogen) atoms. The largest absolute Gasteiger partial charge is 3.00 e. The molecule has 2 atom stereocenters. The van der Waals surface area contributed by atoms with Crippen molar-refractivity contribution in [3.8, 4) is 0 Å². The van der Waals surface area contributed by atoms with E-state index in [-0.39, 0.29) is 36.8 Å². The standard InChI is InChI=1S/C20H19N2O2S.C10H13.ClH.Ru/c21-19(16-10-4-1-5-11-16)20(17-12-6-2-7-13-17)22-25(23,24)18-14-8-3-9-15-18;1-8(2)10-6-4-9(3)5-7-10;;/h1-15,19-20H,21H2;4,6-8H,1-3H3;1H;/q2*-1;;+3/p-1/t19-,20-;;;/m0.../s1. The van der Waals surface area contributed by atoms with E-state index in [4.69, 9.17) is 5.73 Å². The Morgan fingerprint density at radius 2 is 1.22 bits per heavy atom. The predicted octanol–water partition coefficient (Wildman–Crippen LogP) is 4.11. The molecule has 7 heteroatoms. The summed E-state index contributed by atoms with van der Waals surface area (Å²) in [7, 11) is -3.82. The van der Waals surface area contributed by atoms with Crippen molar-refractivity contribution in [1.29, 1.82) is 0 Å². The van der Waals surface area contributed by atoms with Crippen LogP contribution in [0.3, 0.4) is 0 Å². The zero-order chi connectivity index (χ0) is 25.3. The first-order valence-corrected chi connectivity index (χ1v) is 13.1. The topological polar surface area (TPSA) is 74.3 Å². The van der Waals surface area contributed by atoms with E-state index in [1.54, 1.807) is 18.2 Å². The molecule has 4 aromatic rings. The number of hydrogen-bond donors (Lipinski definition) is 1. The van der Waals surface area contributed by atoms with Crippen molar-refractivity contribution < 1.29 is 40.3 Å². The third-order valence-corrected chi connectivity index (χ3v) is 6.99. The van der Waals surface area contributed by atoms with Crippen LogP contribution in [-0.2, 0) is 29.5 Å². The molecule has 0 saturated carbocycles. The Bertz CT molecular complexity index is 1270. The SMILES string of the molecule is Cc1[c-]cc(C(C)C)cc1.N[C@@H](c1ccccc1)[C@@H]([N-]S(=O)(=O)c1ccccc1)c1ccccc1.[Cl-].[Ru+3]. The van der Waals surface area contributed by atoms with E-state index in [0.29, 0.717) is 5.92 Å². The summed E-state index contributed by atoms with van der Waals surface area (Å²) < 4.78 is 29.6. The van der Waals surface area contributed by atoms with Crippen LogP contribution in [0.25, 0.3) is 4.72 Å². The van der Waals surface area contributed by atoms with Crippen molar-refractivity contribution in [2.45, 2.75) is 43.7 Å². The van der Waals surface area contributed by atoms with E-state index in [1.165, 1.54) is 23.3 Å². The molecular formula is C30H32ClN2O2RuS. The molecule has 4 rings (SSSR count). The Balaban J connectivity index is 0.000000485. The normalized spacial score (nSPS) is 12.2. The van der Waals surface area contributed by atoms with Gasteiger partial charge in [0.25, 0.3) is 0 Å². The minimum atomic E-state index is -3.82. The van der Waals surface area contributed by atoms with E-state index in [2.05, 4.69) is 49.8 Å². The van der Waals surface area contributed by atoms with Gasteiger partial charge in [0.15, 0.2) is 0 Å². The molecule has 2 N–H and O–H groups in total. The molecule has 195 valence electrons. The van der Waals surface area contributed by atoms with Crippen LogP contribution < -0.4 is 18.1 Å². The molecule has 4 aromatic carbocycles. The van der Waals surface area contributed by atoms with Crippen LogP contribution in [0.15, 0.2) is 114 Å². The molecule has 4 nitrogen and oxygen atoms in total. The number of halogens is 1. The van der Waals surface area contributed by atoms with Gasteiger partial charge in [-0.25, -0.2) is 8.42 Å². The second-order valence-electron chi connectivity index (χ2n) is 8.65. The van der Waals surface area contributed by atoms with Crippen molar-refractivity contribution in [1.82, 2.24) is 0 Å². The fourth-order valence-electron chi connectivity index (χ4n) is 3.52. The Morgan fingerprint density at radius 3 is 1.68 bits per heavy atom. The van der Waals surface area contributed by atoms with E-state index in [0.717, 1.165) is 11.1 Å². The monoisotopic (exact) mass is 621 g/mol. The Hall–Kier alpha value is -2.34. The number of sulfonamides is 1. The van der Waals surface area contributed by atoms with Gasteiger partial charge in [0.2, 0.25) is 0 Å². The summed E-state index contributed by atoms with van der Waals surface area (Å²) in [5.41, 5.74) is 10.6. The summed E-state index contributed by atoms with van der Waals surface area (Å²) in [6.45, 7) is 6.45. The summed E-state index contributed by atoms with van der Waals surface area (Å²) >= 11 is 0. The van der Waals surface area contributed by atoms with Crippen LogP contribution in [0.5, 0.6) is 0 Å². The van der Waals surface area contributed by atoms with E-state index in [1.807, 2.05) is 60.7 Å². The number of aryl methyl sites for hydroxylation is 1. The predicted molar refractivity (Wildman–Crippen MR) is 144 cm³/mol. The molecule has 0 amide bonds. The van der Waals surface area contributed by atoms with E-state index >= 15 is 0 Å². The molecule has 0 unspecified atom stereocenters. The summed E-state index contributed by atoms with van der Waals surface area (Å²) in [5, 5.41) is 0. The van der Waals surface area contributed by atoms with Crippen molar-refractivity contribution in [2.75, 3.05) is 0 Å². The number of nitrogens with zero attached hydrogens (tertiary/aromatic N) is 1. The van der Waals surface area contributed by atoms with Gasteiger partial charge in [-0.15, -0.1) is 0 Å². The fraction of sp³-hybridized carbons (Fsp3) is 0.200. The van der Waals surface area contributed by atoms with Crippen LogP contribution in [-0.4, -0.2) is 8.42 Å². The van der Waals surface area contributed by atoms with Gasteiger partial charge in [-0.05, 0) is 17.7 Å². The van der Waals surface area contributed by atoms with Gasteiger partial charge in [-0.2, -0.15) is 35.4 Å². The molecule has 0 aromatic heterocycles. The zero-order valence-electron chi connectivity index (χ0n) is 21.1. The first-order chi connectivity index (χ1) is 16.8. The van der Waals surface area contributed by atoms with Crippen molar-refractivity contribution in [2.24, 2.45) is 5.73 Å². The maximum atomic E-state index is 12.7. The van der Waals surface area contributed by atoms with Crippen molar-refractivity contribution in [3.05, 3.63) is 142 Å². The molecule has 0 bridgehead atoms. The third kappa shape index (κ3) is 9.81. The molecule has 1 radical (unpaired) electrons. The number of nitrogens with two attached hydrogens (primary N) is 1. The molecule has 0 spiro atoms. The minimum Gasteiger partial charge on any atom is -1.00 e. The smallest absolute Gasteiger partial charge is 1.00 e. The van der Waals surface area contributed by atoms with Crippen molar-refractivity contribution >= 4 is 10.0 Å². The Kier molecular flexibility index (Phi) is 14.0. The summed E-state index contributed by atoms with van der Waals surface area (Å²) in [6, 6.07) is 35.1. The molecule has 0 aliphatic heterocycles. The first kappa shape index (κ1) is 32.7. The Labute approximate surface area is 240 Å². The van der Waals surface area contributed by atoms with Crippen LogP contribution in [0.2, 0.25) is 0 Å². The molecule has 0 fully saturated rings. The maximum absolute atomic E-state index is 12.7. The van der Waals surface area contributed by atoms with Gasteiger partial charge in [0, 0.05) is 10.9 Å². The second kappa shape index (κ2) is 15.8. The summed E-state index contributed by atoms with van der Waals surface area (Å²) in [4.78, 5) is 0.163. The minimum absolute atomic E-state index is 0. The average molecular weight is 621 g/mol. The van der Waals surface area contributed by atoms with Gasteiger partial charge < -0.3 is 22.9 Å². The quantitative estimate of drug-likeness (QED) is 0.250. The maximum Gasteiger partial charge on any atom is 3.00 e. The zero-order valence-corrected chi connectivity index (χ0v) is 24.4. The summed E-state index contributed by atoms with van der Waals surface area (Å²) in [6.07, 6.45) is 0. The van der Waals surface area contributed by atoms with Gasteiger partial charge in [-0.3, -0.25) is 0 Å². The average Bonchev–Trinajstić information content (AvgIpc) is 2.89. The van der Waals surface area contributed by atoms with Crippen LogP contribution >= 0.6 is 0 Å². The molecular weight excluding hydrogens is 589 g/mol. The van der Waals surface area contributed by atoms with Crippen LogP contribution in [0.1, 0.15) is 54.1 Å². The van der Waals surface area contributed by atoms with Gasteiger partial charge in [-0.1, -0.05) is 117 Å². The van der Waals surface area contributed by atoms with Crippen LogP contribution in [0.4, 0.5) is 0 Å². The Morgan fingerprint density at radius 1 is 0.730 bits per heavy atom. The van der Waals surface area contributed by atoms with Gasteiger partial charge in [0.05, 0.1) is 0 Å². The third-order valence-electron chi connectivity index (χ3n) is 5.62. The van der Waals surface area contributed by atoms with Crippen LogP contribution in [0, 0.1) is 13.0 Å². The molecule has 0 aliphatic carbocycles. The fourth-order valence-corrected chi connectivity index (χ4v) is 4.69. The van der Waals surface area contributed by atoms with E-state index in [9.17, 15) is 8.42 Å². The molecule has 0 saturated heterocycles. The van der Waals surface area contributed by atoms with Gasteiger partial charge >= 0.3 is 19.5 Å². The van der Waals surface area contributed by atoms with Crippen molar-refractivity contribution in [3.63, 3.8) is 0 Å².